The third-order valence-corrected chi connectivity index (χ3v) is 5.00. The first-order valence-corrected chi connectivity index (χ1v) is 9.63. The summed E-state index contributed by atoms with van der Waals surface area (Å²) in [6.07, 6.45) is 7.41. The molecule has 4 rings (SSSR count). The molecular weight excluding hydrogens is 366 g/mol. The van der Waals surface area contributed by atoms with Gasteiger partial charge in [-0.05, 0) is 32.9 Å². The first kappa shape index (κ1) is 18.9. The summed E-state index contributed by atoms with van der Waals surface area (Å²) in [5.74, 6) is 0.638. The van der Waals surface area contributed by atoms with Crippen LogP contribution in [0.4, 0.5) is 5.69 Å². The van der Waals surface area contributed by atoms with Crippen molar-refractivity contribution in [3.05, 3.63) is 59.8 Å². The number of hydrogen-bond donors (Lipinski definition) is 2. The number of ether oxygens (including phenoxy) is 1. The summed E-state index contributed by atoms with van der Waals surface area (Å²) in [6, 6.07) is 6.03. The van der Waals surface area contributed by atoms with E-state index in [0.29, 0.717) is 19.0 Å². The molecule has 0 saturated heterocycles. The van der Waals surface area contributed by atoms with Crippen LogP contribution in [0.3, 0.4) is 0 Å². The molecule has 0 radical (unpaired) electrons. The van der Waals surface area contributed by atoms with Gasteiger partial charge in [-0.25, -0.2) is 9.97 Å². The summed E-state index contributed by atoms with van der Waals surface area (Å²) in [5, 5.41) is 15.0. The molecule has 0 aromatic carbocycles. The van der Waals surface area contributed by atoms with Crippen molar-refractivity contribution in [2.75, 3.05) is 11.9 Å². The van der Waals surface area contributed by atoms with Gasteiger partial charge in [0.15, 0.2) is 0 Å². The number of hydrogen-bond acceptors (Lipinski definition) is 6. The van der Waals surface area contributed by atoms with Crippen LogP contribution >= 0.6 is 0 Å². The molecule has 0 aliphatic rings. The number of aryl methyl sites for hydroxylation is 1. The quantitative estimate of drug-likeness (QED) is 0.501. The summed E-state index contributed by atoms with van der Waals surface area (Å²) in [4.78, 5) is 9.29. The van der Waals surface area contributed by atoms with Crippen molar-refractivity contribution in [1.29, 1.82) is 0 Å². The molecule has 8 heteroatoms. The number of anilines is 1. The van der Waals surface area contributed by atoms with Gasteiger partial charge in [0.25, 0.3) is 0 Å². The molecule has 4 heterocycles. The molecule has 0 amide bonds. The summed E-state index contributed by atoms with van der Waals surface area (Å²) in [7, 11) is 1.91. The summed E-state index contributed by atoms with van der Waals surface area (Å²) in [6.45, 7) is 7.43. The molecule has 29 heavy (non-hydrogen) atoms. The molecule has 4 aromatic heterocycles. The predicted octanol–water partition coefficient (Wildman–Crippen LogP) is 3.42. The Bertz CT molecular complexity index is 1130. The highest BCUT2D eigenvalue weighted by Crippen LogP contribution is 2.37. The number of pyridine rings is 2. The van der Waals surface area contributed by atoms with Gasteiger partial charge in [0, 0.05) is 48.7 Å². The molecule has 0 aliphatic heterocycles. The Morgan fingerprint density at radius 2 is 2.17 bits per heavy atom. The zero-order valence-electron chi connectivity index (χ0n) is 17.1. The summed E-state index contributed by atoms with van der Waals surface area (Å²) in [5.41, 5.74) is 5.14. The lowest BCUT2D eigenvalue weighted by molar-refractivity contribution is 0.317. The van der Waals surface area contributed by atoms with Gasteiger partial charge in [-0.2, -0.15) is 10.2 Å². The zero-order valence-corrected chi connectivity index (χ0v) is 17.1. The molecule has 0 fully saturated rings. The predicted molar refractivity (Wildman–Crippen MR) is 112 cm³/mol. The SMILES string of the molecule is CCOc1ncccc1C(C)(C)c1cc(NCc2cnn(C)c2)c2n[nH]cc2n1. The Morgan fingerprint density at radius 1 is 1.31 bits per heavy atom. The van der Waals surface area contributed by atoms with E-state index < -0.39 is 5.41 Å². The largest absolute Gasteiger partial charge is 0.478 e. The van der Waals surface area contributed by atoms with Gasteiger partial charge in [-0.3, -0.25) is 9.78 Å². The van der Waals surface area contributed by atoms with E-state index in [2.05, 4.69) is 45.5 Å². The fourth-order valence-corrected chi connectivity index (χ4v) is 3.41. The lowest BCUT2D eigenvalue weighted by atomic mass is 9.81. The molecule has 2 N–H and O–H groups in total. The topological polar surface area (TPSA) is 93.5 Å². The Labute approximate surface area is 169 Å². The maximum absolute atomic E-state index is 5.77. The first-order valence-electron chi connectivity index (χ1n) is 9.63. The number of aromatic nitrogens is 6. The standard InChI is InChI=1S/C21H25N7O/c1-5-29-20-15(7-6-8-22-20)21(2,3)18-9-16(19-17(26-18)12-24-27-19)23-10-14-11-25-28(4)13-14/h6-9,11-13H,5,10H2,1-4H3,(H,23,26)(H,24,27). The van der Waals surface area contributed by atoms with Crippen LogP contribution in [0.5, 0.6) is 5.88 Å². The van der Waals surface area contributed by atoms with E-state index in [1.54, 1.807) is 10.9 Å². The lowest BCUT2D eigenvalue weighted by Crippen LogP contribution is -2.22. The average molecular weight is 391 g/mol. The van der Waals surface area contributed by atoms with Crippen molar-refractivity contribution in [3.63, 3.8) is 0 Å². The maximum Gasteiger partial charge on any atom is 0.217 e. The molecule has 0 aliphatic carbocycles. The van der Waals surface area contributed by atoms with Crippen LogP contribution in [-0.4, -0.2) is 36.6 Å². The molecule has 0 spiro atoms. The number of H-pyrrole nitrogens is 1. The minimum Gasteiger partial charge on any atom is -0.478 e. The van der Waals surface area contributed by atoms with Crippen molar-refractivity contribution in [2.24, 2.45) is 7.05 Å². The van der Waals surface area contributed by atoms with Gasteiger partial charge >= 0.3 is 0 Å². The van der Waals surface area contributed by atoms with Crippen LogP contribution in [0.25, 0.3) is 11.0 Å². The smallest absolute Gasteiger partial charge is 0.217 e. The van der Waals surface area contributed by atoms with E-state index in [1.165, 1.54) is 0 Å². The van der Waals surface area contributed by atoms with Crippen molar-refractivity contribution < 1.29 is 4.74 Å². The lowest BCUT2D eigenvalue weighted by Gasteiger charge is -2.27. The van der Waals surface area contributed by atoms with E-state index in [1.807, 2.05) is 44.7 Å². The van der Waals surface area contributed by atoms with E-state index in [9.17, 15) is 0 Å². The van der Waals surface area contributed by atoms with Crippen LogP contribution in [-0.2, 0) is 19.0 Å². The van der Waals surface area contributed by atoms with Gasteiger partial charge < -0.3 is 10.1 Å². The third kappa shape index (κ3) is 3.65. The molecule has 0 atom stereocenters. The minimum atomic E-state index is -0.408. The van der Waals surface area contributed by atoms with Crippen molar-refractivity contribution >= 4 is 16.7 Å². The Kier molecular flexibility index (Phi) is 4.92. The molecular formula is C21H25N7O. The average Bonchev–Trinajstić information content (AvgIpc) is 3.35. The number of rotatable bonds is 7. The number of nitrogens with zero attached hydrogens (tertiary/aromatic N) is 5. The fourth-order valence-electron chi connectivity index (χ4n) is 3.41. The van der Waals surface area contributed by atoms with Gasteiger partial charge in [0.2, 0.25) is 5.88 Å². The van der Waals surface area contributed by atoms with Crippen LogP contribution < -0.4 is 10.1 Å². The molecule has 0 unspecified atom stereocenters. The van der Waals surface area contributed by atoms with Gasteiger partial charge in [-0.15, -0.1) is 0 Å². The Morgan fingerprint density at radius 3 is 2.93 bits per heavy atom. The van der Waals surface area contributed by atoms with Gasteiger partial charge in [0.05, 0.1) is 24.2 Å². The monoisotopic (exact) mass is 391 g/mol. The first-order chi connectivity index (χ1) is 14.0. The highest BCUT2D eigenvalue weighted by atomic mass is 16.5. The maximum atomic E-state index is 5.77. The van der Waals surface area contributed by atoms with E-state index in [4.69, 9.17) is 9.72 Å². The van der Waals surface area contributed by atoms with Gasteiger partial charge in [-0.1, -0.05) is 6.07 Å². The van der Waals surface area contributed by atoms with Gasteiger partial charge in [0.1, 0.15) is 11.0 Å². The van der Waals surface area contributed by atoms with E-state index in [0.717, 1.165) is 33.5 Å². The molecule has 8 nitrogen and oxygen atoms in total. The molecule has 0 bridgehead atoms. The molecule has 0 saturated carbocycles. The van der Waals surface area contributed by atoms with Crippen LogP contribution in [0.2, 0.25) is 0 Å². The Balaban J connectivity index is 1.74. The molecule has 150 valence electrons. The molecule has 4 aromatic rings. The second-order valence-corrected chi connectivity index (χ2v) is 7.46. The number of aromatic amines is 1. The van der Waals surface area contributed by atoms with E-state index >= 15 is 0 Å². The fraction of sp³-hybridized carbons (Fsp3) is 0.333. The second-order valence-electron chi connectivity index (χ2n) is 7.46. The van der Waals surface area contributed by atoms with Crippen molar-refractivity contribution in [3.8, 4) is 5.88 Å². The van der Waals surface area contributed by atoms with Crippen molar-refractivity contribution in [1.82, 2.24) is 29.9 Å². The number of nitrogens with one attached hydrogen (secondary N) is 2. The highest BCUT2D eigenvalue weighted by Gasteiger charge is 2.30. The minimum absolute atomic E-state index is 0.408. The normalized spacial score (nSPS) is 11.7. The summed E-state index contributed by atoms with van der Waals surface area (Å²) < 4.78 is 7.56. The van der Waals surface area contributed by atoms with Crippen LogP contribution in [0, 0.1) is 0 Å². The third-order valence-electron chi connectivity index (χ3n) is 5.00. The van der Waals surface area contributed by atoms with Crippen LogP contribution in [0.15, 0.2) is 43.0 Å². The highest BCUT2D eigenvalue weighted by molar-refractivity contribution is 5.87. The number of fused-ring (bicyclic) bond motifs is 1. The van der Waals surface area contributed by atoms with Crippen molar-refractivity contribution in [2.45, 2.75) is 32.7 Å². The van der Waals surface area contributed by atoms with E-state index in [-0.39, 0.29) is 0 Å². The Hall–Kier alpha value is -3.42. The summed E-state index contributed by atoms with van der Waals surface area (Å²) >= 11 is 0. The van der Waals surface area contributed by atoms with Crippen LogP contribution in [0.1, 0.15) is 37.6 Å². The zero-order chi connectivity index (χ0) is 20.4. The second kappa shape index (κ2) is 7.54.